The second-order valence-corrected chi connectivity index (χ2v) is 7.84. The van der Waals surface area contributed by atoms with Gasteiger partial charge in [-0.15, -0.1) is 0 Å². The molecule has 0 radical (unpaired) electrons. The van der Waals surface area contributed by atoms with Gasteiger partial charge in [0, 0.05) is 0 Å². The number of aryl methyl sites for hydroxylation is 3. The van der Waals surface area contributed by atoms with Gasteiger partial charge >= 0.3 is 0 Å². The zero-order valence-corrected chi connectivity index (χ0v) is 19.7. The van der Waals surface area contributed by atoms with Crippen LogP contribution in [0.25, 0.3) is 0 Å². The van der Waals surface area contributed by atoms with E-state index in [1.54, 1.807) is 7.11 Å². The number of ether oxygens (including phenoxy) is 2. The molecule has 4 nitrogen and oxygen atoms in total. The molecule has 0 heterocycles. The summed E-state index contributed by atoms with van der Waals surface area (Å²) < 4.78 is 11.8. The molecule has 31 heavy (non-hydrogen) atoms. The van der Waals surface area contributed by atoms with Crippen LogP contribution in [0, 0.1) is 13.8 Å². The van der Waals surface area contributed by atoms with Crippen LogP contribution < -0.4 is 9.47 Å². The maximum atomic E-state index is 6.08. The van der Waals surface area contributed by atoms with Gasteiger partial charge < -0.3 is 14.3 Å². The first-order valence-corrected chi connectivity index (χ1v) is 11.2. The first-order valence-electron chi connectivity index (χ1n) is 11.2. The molecular formula is C27H37NO3. The van der Waals surface area contributed by atoms with Crippen LogP contribution in [0.4, 0.5) is 0 Å². The lowest BCUT2D eigenvalue weighted by atomic mass is 10.0. The Labute approximate surface area is 187 Å². The predicted octanol–water partition coefficient (Wildman–Crippen LogP) is 6.81. The van der Waals surface area contributed by atoms with Gasteiger partial charge in [-0.2, -0.15) is 0 Å². The van der Waals surface area contributed by atoms with E-state index in [1.165, 1.54) is 24.8 Å². The second-order valence-electron chi connectivity index (χ2n) is 7.84. The number of nitrogens with zero attached hydrogens (tertiary/aromatic N) is 1. The molecule has 0 unspecified atom stereocenters. The van der Waals surface area contributed by atoms with Crippen LogP contribution in [0.15, 0.2) is 53.7 Å². The Hall–Kier alpha value is -2.75. The molecule has 2 aromatic carbocycles. The molecule has 2 aromatic rings. The van der Waals surface area contributed by atoms with Crippen molar-refractivity contribution in [2.24, 2.45) is 5.16 Å². The molecule has 0 aromatic heterocycles. The topological polar surface area (TPSA) is 40.0 Å². The van der Waals surface area contributed by atoms with Gasteiger partial charge in [0.2, 0.25) is 0 Å². The van der Waals surface area contributed by atoms with Crippen molar-refractivity contribution in [3.63, 3.8) is 0 Å². The number of rotatable bonds is 13. The van der Waals surface area contributed by atoms with E-state index in [4.69, 9.17) is 14.3 Å². The van der Waals surface area contributed by atoms with Gasteiger partial charge in [-0.3, -0.25) is 0 Å². The summed E-state index contributed by atoms with van der Waals surface area (Å²) in [5.41, 5.74) is 5.63. The molecule has 168 valence electrons. The van der Waals surface area contributed by atoms with Crippen molar-refractivity contribution in [1.82, 2.24) is 0 Å². The monoisotopic (exact) mass is 423 g/mol. The summed E-state index contributed by atoms with van der Waals surface area (Å²) in [5.74, 6) is 1.89. The van der Waals surface area contributed by atoms with Crippen LogP contribution >= 0.6 is 0 Å². The molecule has 4 heteroatoms. The van der Waals surface area contributed by atoms with Crippen molar-refractivity contribution in [2.75, 3.05) is 20.3 Å². The van der Waals surface area contributed by atoms with E-state index in [2.05, 4.69) is 55.4 Å². The van der Waals surface area contributed by atoms with Gasteiger partial charge in [0.15, 0.2) is 0 Å². The van der Waals surface area contributed by atoms with Gasteiger partial charge in [-0.05, 0) is 81.3 Å². The van der Waals surface area contributed by atoms with E-state index in [9.17, 15) is 0 Å². The number of oxime groups is 1. The highest BCUT2D eigenvalue weighted by molar-refractivity contribution is 5.98. The van der Waals surface area contributed by atoms with Gasteiger partial charge in [0.25, 0.3) is 0 Å². The van der Waals surface area contributed by atoms with Gasteiger partial charge in [0.05, 0.1) is 12.3 Å². The fraction of sp³-hybridized carbons (Fsp3) is 0.444. The fourth-order valence-corrected chi connectivity index (χ4v) is 3.52. The van der Waals surface area contributed by atoms with Crippen LogP contribution in [-0.4, -0.2) is 26.0 Å². The largest absolute Gasteiger partial charge is 0.493 e. The van der Waals surface area contributed by atoms with Crippen molar-refractivity contribution in [2.45, 2.75) is 59.8 Å². The molecular weight excluding hydrogens is 386 g/mol. The number of allylic oxidation sites excluding steroid dienone is 1. The van der Waals surface area contributed by atoms with E-state index in [1.807, 2.05) is 26.0 Å². The third kappa shape index (κ3) is 8.49. The van der Waals surface area contributed by atoms with E-state index in [0.717, 1.165) is 53.3 Å². The lowest BCUT2D eigenvalue weighted by Gasteiger charge is -2.14. The van der Waals surface area contributed by atoms with Crippen molar-refractivity contribution in [3.05, 3.63) is 70.8 Å². The minimum Gasteiger partial charge on any atom is -0.493 e. The van der Waals surface area contributed by atoms with Crippen molar-refractivity contribution >= 4 is 5.71 Å². The molecule has 0 saturated heterocycles. The summed E-state index contributed by atoms with van der Waals surface area (Å²) in [7, 11) is 1.57. The molecule has 0 spiro atoms. The summed E-state index contributed by atoms with van der Waals surface area (Å²) in [4.78, 5) is 4.83. The third-order valence-corrected chi connectivity index (χ3v) is 5.22. The van der Waals surface area contributed by atoms with Crippen molar-refractivity contribution < 1.29 is 14.3 Å². The maximum Gasteiger partial charge on any atom is 0.125 e. The summed E-state index contributed by atoms with van der Waals surface area (Å²) in [6, 6.07) is 12.7. The first kappa shape index (κ1) is 24.5. The molecule has 0 aliphatic rings. The van der Waals surface area contributed by atoms with E-state index in [0.29, 0.717) is 6.61 Å². The van der Waals surface area contributed by atoms with E-state index >= 15 is 0 Å². The molecule has 0 saturated carbocycles. The Morgan fingerprint density at radius 3 is 2.26 bits per heavy atom. The lowest BCUT2D eigenvalue weighted by molar-refractivity contribution is 0.213. The Morgan fingerprint density at radius 2 is 1.61 bits per heavy atom. The second kappa shape index (κ2) is 13.5. The summed E-state index contributed by atoms with van der Waals surface area (Å²) in [5, 5.41) is 3.98. The molecule has 0 aliphatic carbocycles. The number of hydrogen-bond donors (Lipinski definition) is 0. The van der Waals surface area contributed by atoms with Crippen LogP contribution in [0.1, 0.15) is 61.8 Å². The average molecular weight is 424 g/mol. The lowest BCUT2D eigenvalue weighted by Crippen LogP contribution is -2.02. The summed E-state index contributed by atoms with van der Waals surface area (Å²) in [6.07, 6.45) is 9.76. The Balaban J connectivity index is 1.67. The van der Waals surface area contributed by atoms with Crippen molar-refractivity contribution in [1.29, 1.82) is 0 Å². The zero-order valence-electron chi connectivity index (χ0n) is 19.7. The highest BCUT2D eigenvalue weighted by atomic mass is 16.6. The average Bonchev–Trinajstić information content (AvgIpc) is 2.75. The standard InChI is InChI=1S/C27H37NO3/c1-6-7-17-30-26-19-21(2)27(22(3)20-26)31-18-11-9-8-10-12-24-13-15-25(16-14-24)23(4)28-29-5/h6-7,13-16,19-20H,8-12,17-18H2,1-5H3/b7-6+,28-23+. The Morgan fingerprint density at radius 1 is 0.935 bits per heavy atom. The Bertz CT molecular complexity index is 830. The van der Waals surface area contributed by atoms with Crippen LogP contribution in [0.2, 0.25) is 0 Å². The van der Waals surface area contributed by atoms with Crippen molar-refractivity contribution in [3.8, 4) is 11.5 Å². The molecule has 0 fully saturated rings. The van der Waals surface area contributed by atoms with Crippen LogP contribution in [0.3, 0.4) is 0 Å². The highest BCUT2D eigenvalue weighted by Gasteiger charge is 2.07. The minimum atomic E-state index is 0.599. The number of hydrogen-bond acceptors (Lipinski definition) is 4. The SMILES string of the molecule is C/C=C/COc1cc(C)c(OCCCCCCc2ccc(/C(C)=N/OC)cc2)c(C)c1. The predicted molar refractivity (Wildman–Crippen MR) is 130 cm³/mol. The van der Waals surface area contributed by atoms with E-state index < -0.39 is 0 Å². The van der Waals surface area contributed by atoms with Gasteiger partial charge in [-0.1, -0.05) is 54.4 Å². The van der Waals surface area contributed by atoms with E-state index in [-0.39, 0.29) is 0 Å². The Kier molecular flexibility index (Phi) is 10.7. The quantitative estimate of drug-likeness (QED) is 0.154. The smallest absolute Gasteiger partial charge is 0.125 e. The molecule has 0 N–H and O–H groups in total. The molecule has 0 aliphatic heterocycles. The molecule has 2 rings (SSSR count). The zero-order chi connectivity index (χ0) is 22.5. The van der Waals surface area contributed by atoms with Crippen LogP contribution in [-0.2, 0) is 11.3 Å². The van der Waals surface area contributed by atoms with Gasteiger partial charge in [0.1, 0.15) is 25.2 Å². The van der Waals surface area contributed by atoms with Gasteiger partial charge in [-0.25, -0.2) is 0 Å². The normalized spacial score (nSPS) is 11.7. The fourth-order valence-electron chi connectivity index (χ4n) is 3.52. The molecule has 0 amide bonds. The number of unbranched alkanes of at least 4 members (excludes halogenated alkanes) is 3. The molecule has 0 atom stereocenters. The highest BCUT2D eigenvalue weighted by Crippen LogP contribution is 2.28. The number of benzene rings is 2. The summed E-state index contributed by atoms with van der Waals surface area (Å²) >= 11 is 0. The third-order valence-electron chi connectivity index (χ3n) is 5.22. The van der Waals surface area contributed by atoms with Crippen LogP contribution in [0.5, 0.6) is 11.5 Å². The molecule has 0 bridgehead atoms. The first-order chi connectivity index (χ1) is 15.0. The maximum absolute atomic E-state index is 6.08. The minimum absolute atomic E-state index is 0.599. The summed E-state index contributed by atoms with van der Waals surface area (Å²) in [6.45, 7) is 9.47.